The number of rotatable bonds is 1. The summed E-state index contributed by atoms with van der Waals surface area (Å²) in [5, 5.41) is 8.41. The second-order valence-electron chi connectivity index (χ2n) is 1.98. The first-order valence-corrected chi connectivity index (χ1v) is 2.30. The highest BCUT2D eigenvalue weighted by molar-refractivity contribution is 4.81. The van der Waals surface area contributed by atoms with Crippen molar-refractivity contribution >= 4 is 0 Å². The number of alkyl halides is 3. The van der Waals surface area contributed by atoms with E-state index < -0.39 is 18.3 Å². The molecule has 0 amide bonds. The third kappa shape index (κ3) is 1.83. The lowest BCUT2D eigenvalue weighted by Crippen LogP contribution is -2.48. The fourth-order valence-corrected chi connectivity index (χ4v) is 0.116. The van der Waals surface area contributed by atoms with Gasteiger partial charge in [0.15, 0.2) is 5.60 Å². The minimum Gasteiger partial charge on any atom is -0.380 e. The molecule has 0 spiro atoms. The standard InChI is InChI=1S/C4H8F3NO/c1-3(9,2-8)4(5,6)7/h9H,2,8H2,1H3/t3-/m0/s1. The quantitative estimate of drug-likeness (QED) is 0.553. The van der Waals surface area contributed by atoms with Crippen molar-refractivity contribution in [2.45, 2.75) is 18.7 Å². The highest BCUT2D eigenvalue weighted by Crippen LogP contribution is 2.28. The molecule has 0 radical (unpaired) electrons. The molecule has 0 aliphatic heterocycles. The molecule has 0 aromatic rings. The van der Waals surface area contributed by atoms with E-state index in [0.717, 1.165) is 0 Å². The first-order chi connectivity index (χ1) is 3.81. The van der Waals surface area contributed by atoms with Crippen molar-refractivity contribution in [1.82, 2.24) is 0 Å². The third-order valence-electron chi connectivity index (χ3n) is 1.01. The average molecular weight is 143 g/mol. The van der Waals surface area contributed by atoms with Gasteiger partial charge < -0.3 is 10.8 Å². The predicted molar refractivity (Wildman–Crippen MR) is 25.7 cm³/mol. The van der Waals surface area contributed by atoms with Gasteiger partial charge in [-0.1, -0.05) is 0 Å². The van der Waals surface area contributed by atoms with E-state index in [0.29, 0.717) is 6.92 Å². The van der Waals surface area contributed by atoms with Crippen molar-refractivity contribution < 1.29 is 18.3 Å². The van der Waals surface area contributed by atoms with Gasteiger partial charge in [-0.25, -0.2) is 0 Å². The van der Waals surface area contributed by atoms with Gasteiger partial charge in [-0.2, -0.15) is 13.2 Å². The van der Waals surface area contributed by atoms with Crippen LogP contribution < -0.4 is 5.73 Å². The first kappa shape index (κ1) is 8.71. The zero-order chi connectivity index (χ0) is 7.71. The van der Waals surface area contributed by atoms with Gasteiger partial charge in [0.05, 0.1) is 0 Å². The molecule has 0 rings (SSSR count). The maximum atomic E-state index is 11.5. The molecule has 0 unspecified atom stereocenters. The summed E-state index contributed by atoms with van der Waals surface area (Å²) in [6, 6.07) is 0. The Bertz CT molecular complexity index is 98.5. The predicted octanol–water partition coefficient (Wildman–Crippen LogP) is 0.258. The summed E-state index contributed by atoms with van der Waals surface area (Å²) in [5.74, 6) is 0. The number of hydrogen-bond acceptors (Lipinski definition) is 2. The zero-order valence-corrected chi connectivity index (χ0v) is 4.87. The molecule has 0 bridgehead atoms. The third-order valence-corrected chi connectivity index (χ3v) is 1.01. The van der Waals surface area contributed by atoms with Crippen LogP contribution >= 0.6 is 0 Å². The largest absolute Gasteiger partial charge is 0.418 e. The maximum Gasteiger partial charge on any atom is 0.418 e. The van der Waals surface area contributed by atoms with Crippen LogP contribution in [-0.2, 0) is 0 Å². The van der Waals surface area contributed by atoms with Crippen molar-refractivity contribution in [3.63, 3.8) is 0 Å². The van der Waals surface area contributed by atoms with Crippen LogP contribution in [-0.4, -0.2) is 23.4 Å². The van der Waals surface area contributed by atoms with E-state index in [4.69, 9.17) is 5.11 Å². The van der Waals surface area contributed by atoms with Crippen LogP contribution in [0.15, 0.2) is 0 Å². The molecule has 0 aromatic heterocycles. The Hall–Kier alpha value is -0.290. The summed E-state index contributed by atoms with van der Waals surface area (Å²) in [6.45, 7) is -0.177. The molecule has 5 heteroatoms. The molecule has 0 fully saturated rings. The van der Waals surface area contributed by atoms with E-state index >= 15 is 0 Å². The van der Waals surface area contributed by atoms with Gasteiger partial charge in [-0.05, 0) is 6.92 Å². The summed E-state index contributed by atoms with van der Waals surface area (Å²) in [7, 11) is 0. The van der Waals surface area contributed by atoms with Crippen molar-refractivity contribution in [2.75, 3.05) is 6.54 Å². The van der Waals surface area contributed by atoms with Gasteiger partial charge in [0, 0.05) is 6.54 Å². The molecular formula is C4H8F3NO. The molecule has 3 N–H and O–H groups in total. The van der Waals surface area contributed by atoms with E-state index in [1.165, 1.54) is 0 Å². The molecule has 0 aliphatic carbocycles. The molecule has 0 aliphatic rings. The molecule has 0 saturated carbocycles. The van der Waals surface area contributed by atoms with Crippen LogP contribution in [0.5, 0.6) is 0 Å². The Morgan fingerprint density at radius 2 is 1.78 bits per heavy atom. The highest BCUT2D eigenvalue weighted by atomic mass is 19.4. The molecule has 0 saturated heterocycles. The lowest BCUT2D eigenvalue weighted by molar-refractivity contribution is -0.248. The molecule has 9 heavy (non-hydrogen) atoms. The van der Waals surface area contributed by atoms with Crippen LogP contribution in [0.3, 0.4) is 0 Å². The van der Waals surface area contributed by atoms with Crippen LogP contribution in [0.25, 0.3) is 0 Å². The first-order valence-electron chi connectivity index (χ1n) is 2.30. The topological polar surface area (TPSA) is 46.2 Å². The summed E-state index contributed by atoms with van der Waals surface area (Å²) in [5.41, 5.74) is 1.88. The van der Waals surface area contributed by atoms with E-state index in [9.17, 15) is 13.2 Å². The average Bonchev–Trinajstić information content (AvgIpc) is 1.64. The number of halogens is 3. The lowest BCUT2D eigenvalue weighted by Gasteiger charge is -2.23. The van der Waals surface area contributed by atoms with Gasteiger partial charge in [-0.3, -0.25) is 0 Å². The summed E-state index contributed by atoms with van der Waals surface area (Å²) < 4.78 is 34.5. The highest BCUT2D eigenvalue weighted by Gasteiger charge is 2.48. The number of hydrogen-bond donors (Lipinski definition) is 2. The smallest absolute Gasteiger partial charge is 0.380 e. The Morgan fingerprint density at radius 3 is 1.78 bits per heavy atom. The molecule has 2 nitrogen and oxygen atoms in total. The van der Waals surface area contributed by atoms with Crippen LogP contribution in [0, 0.1) is 0 Å². The van der Waals surface area contributed by atoms with Crippen LogP contribution in [0.1, 0.15) is 6.92 Å². The Labute approximate surface area is 50.5 Å². The van der Waals surface area contributed by atoms with Crippen LogP contribution in [0.2, 0.25) is 0 Å². The summed E-state index contributed by atoms with van der Waals surface area (Å²) >= 11 is 0. The molecule has 0 aromatic carbocycles. The van der Waals surface area contributed by atoms with E-state index in [-0.39, 0.29) is 0 Å². The van der Waals surface area contributed by atoms with Gasteiger partial charge >= 0.3 is 6.18 Å². The molecule has 56 valence electrons. The SMILES string of the molecule is C[C@](O)(CN)C(F)(F)F. The van der Waals surface area contributed by atoms with Crippen molar-refractivity contribution in [3.05, 3.63) is 0 Å². The Morgan fingerprint density at radius 1 is 1.44 bits per heavy atom. The number of aliphatic hydroxyl groups is 1. The zero-order valence-electron chi connectivity index (χ0n) is 4.87. The van der Waals surface area contributed by atoms with E-state index in [1.807, 2.05) is 0 Å². The second kappa shape index (κ2) is 2.15. The lowest BCUT2D eigenvalue weighted by atomic mass is 10.1. The van der Waals surface area contributed by atoms with E-state index in [2.05, 4.69) is 5.73 Å². The summed E-state index contributed by atoms with van der Waals surface area (Å²) in [4.78, 5) is 0. The maximum absolute atomic E-state index is 11.5. The van der Waals surface area contributed by atoms with Crippen molar-refractivity contribution in [3.8, 4) is 0 Å². The van der Waals surface area contributed by atoms with Crippen molar-refractivity contribution in [1.29, 1.82) is 0 Å². The Balaban J connectivity index is 4.14. The molecule has 1 atom stereocenters. The second-order valence-corrected chi connectivity index (χ2v) is 1.98. The van der Waals surface area contributed by atoms with Crippen molar-refractivity contribution in [2.24, 2.45) is 5.73 Å². The molecule has 0 heterocycles. The normalized spacial score (nSPS) is 19.3. The fraction of sp³-hybridized carbons (Fsp3) is 1.00. The van der Waals surface area contributed by atoms with Gasteiger partial charge in [0.25, 0.3) is 0 Å². The van der Waals surface area contributed by atoms with Gasteiger partial charge in [0.2, 0.25) is 0 Å². The minimum absolute atomic E-state index is 0.632. The minimum atomic E-state index is -4.62. The van der Waals surface area contributed by atoms with E-state index in [1.54, 1.807) is 0 Å². The van der Waals surface area contributed by atoms with Gasteiger partial charge in [-0.15, -0.1) is 0 Å². The monoisotopic (exact) mass is 143 g/mol. The number of nitrogens with two attached hydrogens (primary N) is 1. The van der Waals surface area contributed by atoms with Crippen LogP contribution in [0.4, 0.5) is 13.2 Å². The Kier molecular flexibility index (Phi) is 2.08. The van der Waals surface area contributed by atoms with Gasteiger partial charge in [0.1, 0.15) is 0 Å². The summed E-state index contributed by atoms with van der Waals surface area (Å²) in [6.07, 6.45) is -4.62. The fourth-order valence-electron chi connectivity index (χ4n) is 0.116. The molecular weight excluding hydrogens is 135 g/mol.